The van der Waals surface area contributed by atoms with Gasteiger partial charge in [-0.05, 0) is 39.1 Å². The van der Waals surface area contributed by atoms with Crippen molar-refractivity contribution in [3.05, 3.63) is 47.0 Å². The lowest BCUT2D eigenvalue weighted by Gasteiger charge is -2.07. The van der Waals surface area contributed by atoms with Crippen LogP contribution < -0.4 is 10.6 Å². The number of carbonyl (C=O) groups excluding carboxylic acids is 1. The molecule has 0 aliphatic rings. The minimum absolute atomic E-state index is 0.104. The first kappa shape index (κ1) is 15.2. The van der Waals surface area contributed by atoms with E-state index in [0.29, 0.717) is 12.2 Å². The van der Waals surface area contributed by atoms with E-state index in [2.05, 4.69) is 15.7 Å². The molecule has 0 saturated carbocycles. The summed E-state index contributed by atoms with van der Waals surface area (Å²) in [7, 11) is 1.87. The second-order valence-electron chi connectivity index (χ2n) is 4.90. The molecule has 0 unspecified atom stereocenters. The summed E-state index contributed by atoms with van der Waals surface area (Å²) in [6.45, 7) is 4.67. The molecule has 1 aromatic carbocycles. The minimum atomic E-state index is -0.379. The molecule has 0 radical (unpaired) electrons. The van der Waals surface area contributed by atoms with Gasteiger partial charge in [0.05, 0.1) is 5.69 Å². The number of carbonyl (C=O) groups is 1. The predicted octanol–water partition coefficient (Wildman–Crippen LogP) is 2.00. The van der Waals surface area contributed by atoms with Gasteiger partial charge >= 0.3 is 0 Å². The number of benzene rings is 1. The molecular weight excluding hydrogens is 271 g/mol. The summed E-state index contributed by atoms with van der Waals surface area (Å²) in [6, 6.07) is 5.82. The Balaban J connectivity index is 2.08. The van der Waals surface area contributed by atoms with E-state index >= 15 is 0 Å². The summed E-state index contributed by atoms with van der Waals surface area (Å²) in [6.07, 6.45) is 0. The summed E-state index contributed by atoms with van der Waals surface area (Å²) in [5.41, 5.74) is 3.39. The molecule has 112 valence electrons. The van der Waals surface area contributed by atoms with E-state index in [-0.39, 0.29) is 18.3 Å². The van der Waals surface area contributed by atoms with Crippen molar-refractivity contribution in [3.8, 4) is 0 Å². The maximum Gasteiger partial charge on any atom is 0.246 e. The van der Waals surface area contributed by atoms with Crippen LogP contribution in [0.4, 0.5) is 10.1 Å². The molecule has 0 atom stereocenters. The van der Waals surface area contributed by atoms with Gasteiger partial charge < -0.3 is 10.6 Å². The number of nitrogens with zero attached hydrogens (tertiary/aromatic N) is 2. The second-order valence-corrected chi connectivity index (χ2v) is 4.90. The zero-order chi connectivity index (χ0) is 15.4. The number of hydrogen-bond donors (Lipinski definition) is 2. The average Bonchev–Trinajstić information content (AvgIpc) is 2.67. The highest BCUT2D eigenvalue weighted by Gasteiger charge is 2.13. The van der Waals surface area contributed by atoms with Crippen molar-refractivity contribution in [1.29, 1.82) is 0 Å². The molecule has 6 heteroatoms. The molecule has 1 heterocycles. The van der Waals surface area contributed by atoms with Crippen molar-refractivity contribution in [2.45, 2.75) is 26.9 Å². The summed E-state index contributed by atoms with van der Waals surface area (Å²) in [4.78, 5) is 12.0. The van der Waals surface area contributed by atoms with E-state index in [1.165, 1.54) is 12.1 Å². The Labute approximate surface area is 123 Å². The van der Waals surface area contributed by atoms with Crippen LogP contribution in [0.3, 0.4) is 0 Å². The zero-order valence-electron chi connectivity index (χ0n) is 12.4. The normalized spacial score (nSPS) is 10.7. The van der Waals surface area contributed by atoms with Crippen molar-refractivity contribution >= 4 is 11.6 Å². The van der Waals surface area contributed by atoms with E-state index in [1.807, 2.05) is 20.9 Å². The monoisotopic (exact) mass is 290 g/mol. The Hall–Kier alpha value is -2.21. The van der Waals surface area contributed by atoms with Crippen molar-refractivity contribution in [2.75, 3.05) is 12.4 Å². The van der Waals surface area contributed by atoms with E-state index in [0.717, 1.165) is 17.0 Å². The Kier molecular flexibility index (Phi) is 4.70. The fourth-order valence-electron chi connectivity index (χ4n) is 2.22. The fraction of sp³-hybridized carbons (Fsp3) is 0.333. The molecule has 1 aromatic heterocycles. The number of nitrogens with one attached hydrogen (secondary N) is 2. The number of anilines is 1. The van der Waals surface area contributed by atoms with Crippen LogP contribution in [0.5, 0.6) is 0 Å². The topological polar surface area (TPSA) is 59.0 Å². The van der Waals surface area contributed by atoms with Gasteiger partial charge in [0.25, 0.3) is 0 Å². The Morgan fingerprint density at radius 1 is 1.38 bits per heavy atom. The van der Waals surface area contributed by atoms with Crippen LogP contribution in [0, 0.1) is 19.7 Å². The van der Waals surface area contributed by atoms with Crippen LogP contribution in [-0.4, -0.2) is 22.7 Å². The molecule has 2 aromatic rings. The second kappa shape index (κ2) is 6.49. The van der Waals surface area contributed by atoms with Crippen LogP contribution in [0.1, 0.15) is 17.0 Å². The van der Waals surface area contributed by atoms with Gasteiger partial charge in [-0.2, -0.15) is 5.10 Å². The van der Waals surface area contributed by atoms with Gasteiger partial charge in [0.1, 0.15) is 12.4 Å². The smallest absolute Gasteiger partial charge is 0.246 e. The molecule has 0 aliphatic carbocycles. The molecule has 21 heavy (non-hydrogen) atoms. The molecule has 1 amide bonds. The third kappa shape index (κ3) is 3.66. The first-order chi connectivity index (χ1) is 10.0. The average molecular weight is 290 g/mol. The third-order valence-corrected chi connectivity index (χ3v) is 3.29. The van der Waals surface area contributed by atoms with E-state index < -0.39 is 0 Å². The highest BCUT2D eigenvalue weighted by molar-refractivity contribution is 5.90. The highest BCUT2D eigenvalue weighted by Crippen LogP contribution is 2.13. The van der Waals surface area contributed by atoms with Gasteiger partial charge in [-0.25, -0.2) is 4.39 Å². The van der Waals surface area contributed by atoms with Crippen LogP contribution >= 0.6 is 0 Å². The van der Waals surface area contributed by atoms with Gasteiger partial charge in [0, 0.05) is 23.5 Å². The molecular formula is C15H19FN4O. The van der Waals surface area contributed by atoms with Crippen LogP contribution in [0.25, 0.3) is 0 Å². The molecule has 2 N–H and O–H groups in total. The van der Waals surface area contributed by atoms with Crippen molar-refractivity contribution in [1.82, 2.24) is 15.1 Å². The molecule has 0 bridgehead atoms. The van der Waals surface area contributed by atoms with Crippen molar-refractivity contribution < 1.29 is 9.18 Å². The summed E-state index contributed by atoms with van der Waals surface area (Å²) >= 11 is 0. The van der Waals surface area contributed by atoms with Crippen molar-refractivity contribution in [3.63, 3.8) is 0 Å². The number of hydrogen-bond acceptors (Lipinski definition) is 3. The fourth-order valence-corrected chi connectivity index (χ4v) is 2.22. The number of rotatable bonds is 5. The quantitative estimate of drug-likeness (QED) is 0.885. The van der Waals surface area contributed by atoms with E-state index in [4.69, 9.17) is 0 Å². The van der Waals surface area contributed by atoms with Gasteiger partial charge in [-0.15, -0.1) is 0 Å². The van der Waals surface area contributed by atoms with E-state index in [1.54, 1.807) is 16.8 Å². The highest BCUT2D eigenvalue weighted by atomic mass is 19.1. The number of aryl methyl sites for hydroxylation is 1. The summed E-state index contributed by atoms with van der Waals surface area (Å²) in [5.74, 6) is -0.613. The number of halogens is 1. The van der Waals surface area contributed by atoms with Gasteiger partial charge in [0.15, 0.2) is 0 Å². The third-order valence-electron chi connectivity index (χ3n) is 3.29. The predicted molar refractivity (Wildman–Crippen MR) is 79.5 cm³/mol. The standard InChI is InChI=1S/C15H19FN4O/c1-10-14(8-17-3)11(2)20(19-10)9-15(21)18-13-6-4-5-12(16)7-13/h4-7,17H,8-9H2,1-3H3,(H,18,21). The van der Waals surface area contributed by atoms with Gasteiger partial charge in [-0.3, -0.25) is 9.48 Å². The maximum atomic E-state index is 13.1. The summed E-state index contributed by atoms with van der Waals surface area (Å²) in [5, 5.41) is 10.1. The van der Waals surface area contributed by atoms with Crippen molar-refractivity contribution in [2.24, 2.45) is 0 Å². The Bertz CT molecular complexity index is 651. The molecule has 0 fully saturated rings. The Morgan fingerprint density at radius 3 is 2.81 bits per heavy atom. The number of aromatic nitrogens is 2. The molecule has 2 rings (SSSR count). The first-order valence-electron chi connectivity index (χ1n) is 6.74. The first-order valence-corrected chi connectivity index (χ1v) is 6.74. The van der Waals surface area contributed by atoms with Crippen LogP contribution in [0.2, 0.25) is 0 Å². The summed E-state index contributed by atoms with van der Waals surface area (Å²) < 4.78 is 14.7. The zero-order valence-corrected chi connectivity index (χ0v) is 12.4. The Morgan fingerprint density at radius 2 is 2.14 bits per heavy atom. The van der Waals surface area contributed by atoms with Gasteiger partial charge in [-0.1, -0.05) is 6.07 Å². The molecule has 0 spiro atoms. The lowest BCUT2D eigenvalue weighted by atomic mass is 10.2. The van der Waals surface area contributed by atoms with Crippen LogP contribution in [-0.2, 0) is 17.9 Å². The molecule has 5 nitrogen and oxygen atoms in total. The van der Waals surface area contributed by atoms with E-state index in [9.17, 15) is 9.18 Å². The lowest BCUT2D eigenvalue weighted by Crippen LogP contribution is -2.20. The maximum absolute atomic E-state index is 13.1. The van der Waals surface area contributed by atoms with Gasteiger partial charge in [0.2, 0.25) is 5.91 Å². The minimum Gasteiger partial charge on any atom is -0.324 e. The largest absolute Gasteiger partial charge is 0.324 e. The lowest BCUT2D eigenvalue weighted by molar-refractivity contribution is -0.116. The SMILES string of the molecule is CNCc1c(C)nn(CC(=O)Nc2cccc(F)c2)c1C. The molecule has 0 aliphatic heterocycles. The van der Waals surface area contributed by atoms with Crippen LogP contribution in [0.15, 0.2) is 24.3 Å². The molecule has 0 saturated heterocycles. The number of amides is 1.